The van der Waals surface area contributed by atoms with E-state index in [4.69, 9.17) is 11.6 Å². The minimum absolute atomic E-state index is 0.00478. The summed E-state index contributed by atoms with van der Waals surface area (Å²) in [4.78, 5) is 11.7. The maximum atomic E-state index is 11.7. The van der Waals surface area contributed by atoms with Crippen molar-refractivity contribution >= 4 is 29.3 Å². The van der Waals surface area contributed by atoms with Crippen LogP contribution in [0.25, 0.3) is 5.69 Å². The van der Waals surface area contributed by atoms with Crippen molar-refractivity contribution in [2.75, 3.05) is 12.3 Å². The molecule has 1 aromatic carbocycles. The average molecular weight is 325 g/mol. The quantitative estimate of drug-likeness (QED) is 0.830. The van der Waals surface area contributed by atoms with E-state index in [0.29, 0.717) is 22.5 Å². The molecular weight excluding hydrogens is 308 g/mol. The van der Waals surface area contributed by atoms with E-state index in [1.165, 1.54) is 11.8 Å². The Bertz CT molecular complexity index is 612. The molecule has 0 aliphatic heterocycles. The molecule has 0 fully saturated rings. The Labute approximate surface area is 133 Å². The fourth-order valence-electron chi connectivity index (χ4n) is 1.77. The number of amides is 1. The highest BCUT2D eigenvalue weighted by Crippen LogP contribution is 2.22. The van der Waals surface area contributed by atoms with Crippen LogP contribution in [0.4, 0.5) is 0 Å². The van der Waals surface area contributed by atoms with Gasteiger partial charge < -0.3 is 5.32 Å². The zero-order valence-electron chi connectivity index (χ0n) is 12.0. The summed E-state index contributed by atoms with van der Waals surface area (Å²) in [6.07, 6.45) is 0.927. The first kappa shape index (κ1) is 15.9. The summed E-state index contributed by atoms with van der Waals surface area (Å²) in [7, 11) is 0. The second kappa shape index (κ2) is 7.47. The highest BCUT2D eigenvalue weighted by atomic mass is 35.5. The maximum Gasteiger partial charge on any atom is 0.230 e. The molecule has 5 nitrogen and oxygen atoms in total. The summed E-state index contributed by atoms with van der Waals surface area (Å²) < 4.78 is 1.91. The van der Waals surface area contributed by atoms with Crippen molar-refractivity contribution in [2.24, 2.45) is 0 Å². The Balaban J connectivity index is 2.11. The molecule has 0 atom stereocenters. The van der Waals surface area contributed by atoms with Gasteiger partial charge in [-0.3, -0.25) is 9.36 Å². The van der Waals surface area contributed by atoms with E-state index in [0.717, 1.165) is 17.9 Å². The van der Waals surface area contributed by atoms with E-state index in [2.05, 4.69) is 15.5 Å². The van der Waals surface area contributed by atoms with Crippen LogP contribution < -0.4 is 5.32 Å². The van der Waals surface area contributed by atoms with Gasteiger partial charge in [0.2, 0.25) is 5.91 Å². The van der Waals surface area contributed by atoms with Crippen molar-refractivity contribution in [3.8, 4) is 5.69 Å². The highest BCUT2D eigenvalue weighted by Gasteiger charge is 2.13. The molecular formula is C14H17ClN4OS. The molecule has 0 bridgehead atoms. The van der Waals surface area contributed by atoms with E-state index < -0.39 is 0 Å². The van der Waals surface area contributed by atoms with Gasteiger partial charge in [0.1, 0.15) is 5.82 Å². The SMILES string of the molecule is CCCNC(=O)CSc1nnc(C)n1-c1ccc(Cl)cc1. The lowest BCUT2D eigenvalue weighted by Crippen LogP contribution is -2.25. The Hall–Kier alpha value is -1.53. The molecule has 0 radical (unpaired) electrons. The molecule has 21 heavy (non-hydrogen) atoms. The predicted octanol–water partition coefficient (Wildman–Crippen LogP) is 2.85. The second-order valence-corrected chi connectivity index (χ2v) is 5.86. The molecule has 1 heterocycles. The van der Waals surface area contributed by atoms with E-state index in [9.17, 15) is 4.79 Å². The Morgan fingerprint density at radius 3 is 2.71 bits per heavy atom. The van der Waals surface area contributed by atoms with Gasteiger partial charge in [0.05, 0.1) is 5.75 Å². The fraction of sp³-hybridized carbons (Fsp3) is 0.357. The Morgan fingerprint density at radius 2 is 2.05 bits per heavy atom. The monoisotopic (exact) mass is 324 g/mol. The summed E-state index contributed by atoms with van der Waals surface area (Å²) in [6, 6.07) is 7.44. The highest BCUT2D eigenvalue weighted by molar-refractivity contribution is 7.99. The number of aromatic nitrogens is 3. The summed E-state index contributed by atoms with van der Waals surface area (Å²) in [5.41, 5.74) is 0.929. The minimum Gasteiger partial charge on any atom is -0.355 e. The van der Waals surface area contributed by atoms with Crippen molar-refractivity contribution < 1.29 is 4.79 Å². The molecule has 2 rings (SSSR count). The smallest absolute Gasteiger partial charge is 0.230 e. The van der Waals surface area contributed by atoms with Gasteiger partial charge >= 0.3 is 0 Å². The van der Waals surface area contributed by atoms with Crippen LogP contribution in [0.3, 0.4) is 0 Å². The zero-order valence-corrected chi connectivity index (χ0v) is 13.5. The molecule has 112 valence electrons. The molecule has 0 saturated heterocycles. The molecule has 1 aromatic heterocycles. The van der Waals surface area contributed by atoms with Gasteiger partial charge in [-0.15, -0.1) is 10.2 Å². The first-order valence-electron chi connectivity index (χ1n) is 6.69. The Kier molecular flexibility index (Phi) is 5.64. The third kappa shape index (κ3) is 4.22. The molecule has 0 spiro atoms. The molecule has 1 amide bonds. The number of thioether (sulfide) groups is 1. The average Bonchev–Trinajstić information content (AvgIpc) is 2.85. The summed E-state index contributed by atoms with van der Waals surface area (Å²) >= 11 is 7.27. The van der Waals surface area contributed by atoms with E-state index >= 15 is 0 Å². The van der Waals surface area contributed by atoms with E-state index in [1.807, 2.05) is 42.7 Å². The van der Waals surface area contributed by atoms with Crippen molar-refractivity contribution in [3.05, 3.63) is 35.1 Å². The molecule has 0 aliphatic carbocycles. The van der Waals surface area contributed by atoms with Gasteiger partial charge in [0.15, 0.2) is 5.16 Å². The molecule has 1 N–H and O–H groups in total. The predicted molar refractivity (Wildman–Crippen MR) is 85.1 cm³/mol. The van der Waals surface area contributed by atoms with Gasteiger partial charge in [-0.05, 0) is 37.6 Å². The van der Waals surface area contributed by atoms with Crippen molar-refractivity contribution in [2.45, 2.75) is 25.4 Å². The second-order valence-electron chi connectivity index (χ2n) is 4.48. The van der Waals surface area contributed by atoms with Crippen molar-refractivity contribution in [3.63, 3.8) is 0 Å². The molecule has 0 aliphatic rings. The fourth-order valence-corrected chi connectivity index (χ4v) is 2.72. The third-order valence-electron chi connectivity index (χ3n) is 2.78. The first-order valence-corrected chi connectivity index (χ1v) is 8.05. The van der Waals surface area contributed by atoms with Crippen LogP contribution in [0.15, 0.2) is 29.4 Å². The molecule has 7 heteroatoms. The number of carbonyl (C=O) groups excluding carboxylic acids is 1. The van der Waals surface area contributed by atoms with Gasteiger partial charge in [-0.25, -0.2) is 0 Å². The largest absolute Gasteiger partial charge is 0.355 e. The number of hydrogen-bond acceptors (Lipinski definition) is 4. The number of rotatable bonds is 6. The number of nitrogens with zero attached hydrogens (tertiary/aromatic N) is 3. The summed E-state index contributed by atoms with van der Waals surface area (Å²) in [5, 5.41) is 12.4. The first-order chi connectivity index (χ1) is 10.1. The number of nitrogens with one attached hydrogen (secondary N) is 1. The number of carbonyl (C=O) groups is 1. The van der Waals surface area contributed by atoms with Crippen LogP contribution in [-0.2, 0) is 4.79 Å². The lowest BCUT2D eigenvalue weighted by Gasteiger charge is -2.08. The van der Waals surface area contributed by atoms with Crippen LogP contribution in [-0.4, -0.2) is 33.0 Å². The van der Waals surface area contributed by atoms with Gasteiger partial charge in [-0.2, -0.15) is 0 Å². The van der Waals surface area contributed by atoms with E-state index in [1.54, 1.807) is 0 Å². The summed E-state index contributed by atoms with van der Waals surface area (Å²) in [5.74, 6) is 1.10. The lowest BCUT2D eigenvalue weighted by atomic mass is 10.3. The minimum atomic E-state index is 0.00478. The molecule has 2 aromatic rings. The van der Waals surface area contributed by atoms with Gasteiger partial charge in [-0.1, -0.05) is 30.3 Å². The van der Waals surface area contributed by atoms with Gasteiger partial charge in [0.25, 0.3) is 0 Å². The molecule has 0 unspecified atom stereocenters. The number of benzene rings is 1. The maximum absolute atomic E-state index is 11.7. The van der Waals surface area contributed by atoms with Crippen LogP contribution in [0, 0.1) is 6.92 Å². The van der Waals surface area contributed by atoms with Crippen LogP contribution in [0.5, 0.6) is 0 Å². The zero-order chi connectivity index (χ0) is 15.2. The standard InChI is InChI=1S/C14H17ClN4OS/c1-3-8-16-13(20)9-21-14-18-17-10(2)19(14)12-6-4-11(15)5-7-12/h4-7H,3,8-9H2,1-2H3,(H,16,20). The van der Waals surface area contributed by atoms with Crippen molar-refractivity contribution in [1.29, 1.82) is 0 Å². The normalized spacial score (nSPS) is 10.6. The number of halogens is 1. The van der Waals surface area contributed by atoms with Crippen LogP contribution >= 0.6 is 23.4 Å². The topological polar surface area (TPSA) is 59.8 Å². The van der Waals surface area contributed by atoms with Gasteiger partial charge in [0, 0.05) is 17.3 Å². The summed E-state index contributed by atoms with van der Waals surface area (Å²) in [6.45, 7) is 4.60. The van der Waals surface area contributed by atoms with Crippen LogP contribution in [0.2, 0.25) is 5.02 Å². The number of hydrogen-bond donors (Lipinski definition) is 1. The lowest BCUT2D eigenvalue weighted by molar-refractivity contribution is -0.118. The Morgan fingerprint density at radius 1 is 1.33 bits per heavy atom. The van der Waals surface area contributed by atoms with E-state index in [-0.39, 0.29) is 5.91 Å². The van der Waals surface area contributed by atoms with Crippen LogP contribution in [0.1, 0.15) is 19.2 Å². The molecule has 0 saturated carbocycles. The van der Waals surface area contributed by atoms with Crippen molar-refractivity contribution in [1.82, 2.24) is 20.1 Å². The number of aryl methyl sites for hydroxylation is 1. The third-order valence-corrected chi connectivity index (χ3v) is 3.97.